The van der Waals surface area contributed by atoms with E-state index in [9.17, 15) is 9.59 Å². The van der Waals surface area contributed by atoms with Gasteiger partial charge in [0.1, 0.15) is 10.7 Å². The highest BCUT2D eigenvalue weighted by Gasteiger charge is 2.12. The molecule has 1 aromatic rings. The lowest BCUT2D eigenvalue weighted by Gasteiger charge is -2.05. The van der Waals surface area contributed by atoms with Gasteiger partial charge in [-0.05, 0) is 6.92 Å². The van der Waals surface area contributed by atoms with E-state index >= 15 is 0 Å². The third-order valence-electron chi connectivity index (χ3n) is 2.41. The molecule has 0 aliphatic heterocycles. The minimum atomic E-state index is -0.294. The number of carbonyl (C=O) groups is 2. The highest BCUT2D eigenvalue weighted by molar-refractivity contribution is 7.09. The fourth-order valence-electron chi connectivity index (χ4n) is 1.36. The Morgan fingerprint density at radius 1 is 1.45 bits per heavy atom. The molecule has 0 aliphatic carbocycles. The van der Waals surface area contributed by atoms with Crippen molar-refractivity contribution in [2.45, 2.75) is 19.4 Å². The summed E-state index contributed by atoms with van der Waals surface area (Å²) in [6.45, 7) is 3.01. The molecule has 1 unspecified atom stereocenters. The first-order chi connectivity index (χ1) is 9.54. The lowest BCUT2D eigenvalue weighted by molar-refractivity contribution is -0.121. The number of aromatic nitrogens is 1. The summed E-state index contributed by atoms with van der Waals surface area (Å²) in [5, 5.41) is 7.69. The molecule has 4 N–H and O–H groups in total. The van der Waals surface area contributed by atoms with Crippen LogP contribution < -0.4 is 16.4 Å². The third-order valence-corrected chi connectivity index (χ3v) is 3.46. The second-order valence-electron chi connectivity index (χ2n) is 4.21. The average Bonchev–Trinajstić information content (AvgIpc) is 2.88. The predicted molar refractivity (Wildman–Crippen MR) is 76.6 cm³/mol. The van der Waals surface area contributed by atoms with Crippen molar-refractivity contribution in [2.75, 3.05) is 26.8 Å². The highest BCUT2D eigenvalue weighted by atomic mass is 32.1. The number of carbonyl (C=O) groups excluding carboxylic acids is 2. The summed E-state index contributed by atoms with van der Waals surface area (Å²) in [5.74, 6) is -0.422. The number of nitrogens with two attached hydrogens (primary N) is 1. The van der Waals surface area contributed by atoms with Gasteiger partial charge in [-0.15, -0.1) is 11.3 Å². The second kappa shape index (κ2) is 8.62. The van der Waals surface area contributed by atoms with E-state index in [1.807, 2.05) is 6.92 Å². The summed E-state index contributed by atoms with van der Waals surface area (Å²) < 4.78 is 4.81. The van der Waals surface area contributed by atoms with E-state index in [0.29, 0.717) is 23.9 Å². The minimum absolute atomic E-state index is 0.128. The van der Waals surface area contributed by atoms with Crippen LogP contribution in [0.15, 0.2) is 5.38 Å². The van der Waals surface area contributed by atoms with Gasteiger partial charge in [-0.25, -0.2) is 4.98 Å². The van der Waals surface area contributed by atoms with Gasteiger partial charge in [0, 0.05) is 32.0 Å². The molecule has 0 aromatic carbocycles. The maximum Gasteiger partial charge on any atom is 0.270 e. The number of nitrogens with one attached hydrogen (secondary N) is 2. The van der Waals surface area contributed by atoms with Gasteiger partial charge in [0.2, 0.25) is 5.91 Å². The van der Waals surface area contributed by atoms with Crippen molar-refractivity contribution < 1.29 is 14.3 Å². The van der Waals surface area contributed by atoms with E-state index in [0.717, 1.165) is 0 Å². The van der Waals surface area contributed by atoms with E-state index in [1.165, 1.54) is 11.3 Å². The van der Waals surface area contributed by atoms with E-state index in [1.54, 1.807) is 12.5 Å². The molecule has 20 heavy (non-hydrogen) atoms. The van der Waals surface area contributed by atoms with E-state index in [4.69, 9.17) is 10.5 Å². The molecule has 2 amide bonds. The normalized spacial score (nSPS) is 11.9. The van der Waals surface area contributed by atoms with Crippen LogP contribution in [0.4, 0.5) is 0 Å². The van der Waals surface area contributed by atoms with E-state index in [2.05, 4.69) is 15.6 Å². The molecule has 1 aromatic heterocycles. The second-order valence-corrected chi connectivity index (χ2v) is 5.10. The summed E-state index contributed by atoms with van der Waals surface area (Å²) in [4.78, 5) is 27.3. The molecule has 0 bridgehead atoms. The van der Waals surface area contributed by atoms with Gasteiger partial charge in [0.15, 0.2) is 0 Å². The highest BCUT2D eigenvalue weighted by Crippen LogP contribution is 2.15. The number of hydrogen-bond acceptors (Lipinski definition) is 6. The van der Waals surface area contributed by atoms with Crippen LogP contribution in [0.1, 0.15) is 34.9 Å². The smallest absolute Gasteiger partial charge is 0.270 e. The van der Waals surface area contributed by atoms with Crippen molar-refractivity contribution in [1.82, 2.24) is 15.6 Å². The van der Waals surface area contributed by atoms with Gasteiger partial charge in [0.25, 0.3) is 5.91 Å². The lowest BCUT2D eigenvalue weighted by atomic mass is 10.3. The fraction of sp³-hybridized carbons (Fsp3) is 0.583. The third kappa shape index (κ3) is 5.64. The molecule has 0 spiro atoms. The Kier molecular flexibility index (Phi) is 7.13. The first kappa shape index (κ1) is 16.5. The van der Waals surface area contributed by atoms with Crippen LogP contribution in [0, 0.1) is 0 Å². The Morgan fingerprint density at radius 3 is 2.80 bits per heavy atom. The summed E-state index contributed by atoms with van der Waals surface area (Å²) in [7, 11) is 1.57. The van der Waals surface area contributed by atoms with E-state index in [-0.39, 0.29) is 30.8 Å². The maximum absolute atomic E-state index is 11.8. The molecule has 0 saturated carbocycles. The zero-order valence-electron chi connectivity index (χ0n) is 11.6. The molecule has 1 heterocycles. The van der Waals surface area contributed by atoms with Gasteiger partial charge in [0.05, 0.1) is 12.6 Å². The first-order valence-corrected chi connectivity index (χ1v) is 7.17. The van der Waals surface area contributed by atoms with E-state index < -0.39 is 0 Å². The van der Waals surface area contributed by atoms with Crippen LogP contribution in [0.5, 0.6) is 0 Å². The SMILES string of the molecule is COCCNC(=O)CCNC(=O)c1csc(C(C)N)n1. The zero-order valence-corrected chi connectivity index (χ0v) is 12.5. The first-order valence-electron chi connectivity index (χ1n) is 6.29. The standard InChI is InChI=1S/C12H20N4O3S/c1-8(13)12-16-9(7-20-12)11(18)15-4-3-10(17)14-5-6-19-2/h7-8H,3-6,13H2,1-2H3,(H,14,17)(H,15,18). The summed E-state index contributed by atoms with van der Waals surface area (Å²) in [6.07, 6.45) is 0.222. The molecule has 0 aliphatic rings. The van der Waals surface area contributed by atoms with Crippen LogP contribution in [0.3, 0.4) is 0 Å². The number of nitrogens with zero attached hydrogens (tertiary/aromatic N) is 1. The Labute approximate surface area is 121 Å². The molecular weight excluding hydrogens is 280 g/mol. The number of ether oxygens (including phenoxy) is 1. The number of hydrogen-bond donors (Lipinski definition) is 3. The largest absolute Gasteiger partial charge is 0.383 e. The molecule has 0 radical (unpaired) electrons. The van der Waals surface area contributed by atoms with Gasteiger partial charge in [-0.1, -0.05) is 0 Å². The van der Waals surface area contributed by atoms with Crippen molar-refractivity contribution in [2.24, 2.45) is 5.73 Å². The monoisotopic (exact) mass is 300 g/mol. The Hall–Kier alpha value is -1.51. The summed E-state index contributed by atoms with van der Waals surface area (Å²) in [6, 6.07) is -0.187. The Bertz CT molecular complexity index is 448. The minimum Gasteiger partial charge on any atom is -0.383 e. The van der Waals surface area contributed by atoms with Crippen molar-refractivity contribution in [1.29, 1.82) is 0 Å². The van der Waals surface area contributed by atoms with Crippen molar-refractivity contribution in [3.8, 4) is 0 Å². The average molecular weight is 300 g/mol. The molecule has 0 fully saturated rings. The maximum atomic E-state index is 11.8. The number of amides is 2. The van der Waals surface area contributed by atoms with Crippen LogP contribution in [-0.2, 0) is 9.53 Å². The van der Waals surface area contributed by atoms with Gasteiger partial charge >= 0.3 is 0 Å². The zero-order chi connectivity index (χ0) is 15.0. The summed E-state index contributed by atoms with van der Waals surface area (Å²) >= 11 is 1.35. The molecule has 8 heteroatoms. The molecule has 112 valence electrons. The molecular formula is C12H20N4O3S. The molecule has 7 nitrogen and oxygen atoms in total. The predicted octanol–water partition coefficient (Wildman–Crippen LogP) is 0.0453. The number of methoxy groups -OCH3 is 1. The molecule has 1 atom stereocenters. The number of thiazole rings is 1. The molecule has 1 rings (SSSR count). The summed E-state index contributed by atoms with van der Waals surface area (Å²) in [5.41, 5.74) is 6.01. The van der Waals surface area contributed by atoms with Crippen LogP contribution in [0.2, 0.25) is 0 Å². The lowest BCUT2D eigenvalue weighted by Crippen LogP contribution is -2.32. The van der Waals surface area contributed by atoms with Gasteiger partial charge in [-0.2, -0.15) is 0 Å². The van der Waals surface area contributed by atoms with Crippen molar-refractivity contribution >= 4 is 23.2 Å². The Morgan fingerprint density at radius 2 is 2.20 bits per heavy atom. The number of rotatable bonds is 8. The fourth-order valence-corrected chi connectivity index (χ4v) is 2.12. The van der Waals surface area contributed by atoms with Crippen LogP contribution in [0.25, 0.3) is 0 Å². The van der Waals surface area contributed by atoms with Crippen molar-refractivity contribution in [3.05, 3.63) is 16.1 Å². The topological polar surface area (TPSA) is 106 Å². The van der Waals surface area contributed by atoms with Gasteiger partial charge < -0.3 is 21.1 Å². The van der Waals surface area contributed by atoms with Gasteiger partial charge in [-0.3, -0.25) is 9.59 Å². The van der Waals surface area contributed by atoms with Crippen LogP contribution in [-0.4, -0.2) is 43.6 Å². The quantitative estimate of drug-likeness (QED) is 0.588. The molecule has 0 saturated heterocycles. The van der Waals surface area contributed by atoms with Crippen LogP contribution >= 0.6 is 11.3 Å². The van der Waals surface area contributed by atoms with Crippen molar-refractivity contribution in [3.63, 3.8) is 0 Å². The Balaban J connectivity index is 2.27.